The number of carbonyl (C=O) groups is 2. The third kappa shape index (κ3) is 4.25. The van der Waals surface area contributed by atoms with Crippen LogP contribution in [-0.4, -0.2) is 11.6 Å². The molecule has 1 aliphatic carbocycles. The highest BCUT2D eigenvalue weighted by atomic mass is 16.1. The molecule has 3 rings (SSSR count). The smallest absolute Gasteiger partial charge is 0.163 e. The molecule has 0 radical (unpaired) electrons. The summed E-state index contributed by atoms with van der Waals surface area (Å²) >= 11 is 0. The quantitative estimate of drug-likeness (QED) is 0.666. The van der Waals surface area contributed by atoms with Gasteiger partial charge in [0.15, 0.2) is 5.78 Å². The lowest BCUT2D eigenvalue weighted by Gasteiger charge is -2.29. The highest BCUT2D eigenvalue weighted by molar-refractivity contribution is 5.97. The van der Waals surface area contributed by atoms with Crippen LogP contribution < -0.4 is 0 Å². The topological polar surface area (TPSA) is 34.1 Å². The van der Waals surface area contributed by atoms with E-state index in [4.69, 9.17) is 0 Å². The number of hydrogen-bond acceptors (Lipinski definition) is 2. The summed E-state index contributed by atoms with van der Waals surface area (Å²) in [7, 11) is 0. The summed E-state index contributed by atoms with van der Waals surface area (Å²) in [5.41, 5.74) is 3.10. The summed E-state index contributed by atoms with van der Waals surface area (Å²) in [4.78, 5) is 25.4. The van der Waals surface area contributed by atoms with Crippen molar-refractivity contribution in [2.45, 2.75) is 51.4 Å². The van der Waals surface area contributed by atoms with Gasteiger partial charge in [0.2, 0.25) is 0 Å². The van der Waals surface area contributed by atoms with Crippen molar-refractivity contribution in [3.05, 3.63) is 71.3 Å². The van der Waals surface area contributed by atoms with Gasteiger partial charge in [0.1, 0.15) is 5.78 Å². The Hall–Kier alpha value is -2.22. The molecule has 0 spiro atoms. The molecular weight excluding hydrogens is 308 g/mol. The van der Waals surface area contributed by atoms with E-state index in [1.165, 1.54) is 5.56 Å². The van der Waals surface area contributed by atoms with Crippen LogP contribution in [0.2, 0.25) is 0 Å². The Kier molecular flexibility index (Phi) is 5.80. The predicted molar refractivity (Wildman–Crippen MR) is 101 cm³/mol. The maximum absolute atomic E-state index is 12.9. The van der Waals surface area contributed by atoms with E-state index in [1.807, 2.05) is 42.5 Å². The largest absolute Gasteiger partial charge is 0.299 e. The average molecular weight is 334 g/mol. The third-order valence-electron chi connectivity index (χ3n) is 5.40. The van der Waals surface area contributed by atoms with Crippen LogP contribution in [0, 0.1) is 5.92 Å². The van der Waals surface area contributed by atoms with Gasteiger partial charge in [0.05, 0.1) is 0 Å². The summed E-state index contributed by atoms with van der Waals surface area (Å²) in [6.45, 7) is 2.11. The second-order valence-electron chi connectivity index (χ2n) is 7.01. The number of benzene rings is 2. The highest BCUT2D eigenvalue weighted by Crippen LogP contribution is 2.37. The maximum Gasteiger partial charge on any atom is 0.163 e. The molecule has 2 aromatic rings. The molecule has 0 heterocycles. The Bertz CT molecular complexity index is 716. The Morgan fingerprint density at radius 3 is 2.40 bits per heavy atom. The van der Waals surface area contributed by atoms with Gasteiger partial charge in [0.25, 0.3) is 0 Å². The summed E-state index contributed by atoms with van der Waals surface area (Å²) in [5.74, 6) is 0.437. The number of ketones is 2. The van der Waals surface area contributed by atoms with E-state index >= 15 is 0 Å². The van der Waals surface area contributed by atoms with Gasteiger partial charge in [-0.2, -0.15) is 0 Å². The van der Waals surface area contributed by atoms with Crippen LogP contribution in [0.15, 0.2) is 54.6 Å². The Labute approximate surface area is 150 Å². The number of aryl methyl sites for hydroxylation is 1. The number of hydrogen-bond donors (Lipinski definition) is 0. The minimum Gasteiger partial charge on any atom is -0.299 e. The summed E-state index contributed by atoms with van der Waals surface area (Å²) in [5, 5.41) is 0. The maximum atomic E-state index is 12.9. The van der Waals surface area contributed by atoms with Gasteiger partial charge in [0, 0.05) is 30.2 Å². The van der Waals surface area contributed by atoms with Gasteiger partial charge >= 0.3 is 0 Å². The fraction of sp³-hybridized carbons (Fsp3) is 0.391. The van der Waals surface area contributed by atoms with Crippen LogP contribution in [0.25, 0.3) is 0 Å². The molecule has 1 aliphatic rings. The zero-order valence-corrected chi connectivity index (χ0v) is 14.9. The van der Waals surface area contributed by atoms with Gasteiger partial charge in [-0.3, -0.25) is 9.59 Å². The van der Waals surface area contributed by atoms with Crippen LogP contribution in [0.1, 0.15) is 66.4 Å². The van der Waals surface area contributed by atoms with Crippen molar-refractivity contribution < 1.29 is 9.59 Å². The van der Waals surface area contributed by atoms with Crippen LogP contribution in [-0.2, 0) is 11.2 Å². The first-order chi connectivity index (χ1) is 12.2. The molecule has 0 unspecified atom stereocenters. The summed E-state index contributed by atoms with van der Waals surface area (Å²) in [6, 6.07) is 18.0. The van der Waals surface area contributed by atoms with Gasteiger partial charge in [-0.25, -0.2) is 0 Å². The Morgan fingerprint density at radius 1 is 1.04 bits per heavy atom. The predicted octanol–water partition coefficient (Wildman–Crippen LogP) is 5.36. The summed E-state index contributed by atoms with van der Waals surface area (Å²) in [6.07, 6.45) is 5.01. The zero-order chi connectivity index (χ0) is 17.6. The SMILES string of the molecule is CCc1ccc(C(=O)C[C@@H](c2ccccc2)[C@@H]2CCCCC2=O)cc1. The zero-order valence-electron chi connectivity index (χ0n) is 14.9. The molecule has 0 aromatic heterocycles. The van der Waals surface area contributed by atoms with Crippen molar-refractivity contribution in [3.8, 4) is 0 Å². The molecule has 2 heteroatoms. The molecule has 25 heavy (non-hydrogen) atoms. The fourth-order valence-electron chi connectivity index (χ4n) is 3.87. The monoisotopic (exact) mass is 334 g/mol. The first-order valence-electron chi connectivity index (χ1n) is 9.39. The van der Waals surface area contributed by atoms with E-state index in [2.05, 4.69) is 19.1 Å². The number of carbonyl (C=O) groups excluding carboxylic acids is 2. The lowest BCUT2D eigenvalue weighted by molar-refractivity contribution is -0.125. The number of rotatable bonds is 6. The van der Waals surface area contributed by atoms with Crippen molar-refractivity contribution in [2.24, 2.45) is 5.92 Å². The third-order valence-corrected chi connectivity index (χ3v) is 5.40. The van der Waals surface area contributed by atoms with Crippen LogP contribution in [0.3, 0.4) is 0 Å². The molecule has 1 fully saturated rings. The van der Waals surface area contributed by atoms with Gasteiger partial charge in [-0.1, -0.05) is 67.9 Å². The van der Waals surface area contributed by atoms with Crippen molar-refractivity contribution in [2.75, 3.05) is 0 Å². The Balaban J connectivity index is 1.83. The van der Waals surface area contributed by atoms with E-state index in [1.54, 1.807) is 0 Å². The first kappa shape index (κ1) is 17.6. The van der Waals surface area contributed by atoms with E-state index in [9.17, 15) is 9.59 Å². The van der Waals surface area contributed by atoms with Gasteiger partial charge in [-0.15, -0.1) is 0 Å². The van der Waals surface area contributed by atoms with Crippen molar-refractivity contribution in [1.82, 2.24) is 0 Å². The van der Waals surface area contributed by atoms with Gasteiger partial charge < -0.3 is 0 Å². The van der Waals surface area contributed by atoms with Crippen LogP contribution in [0.4, 0.5) is 0 Å². The molecular formula is C23H26O2. The lowest BCUT2D eigenvalue weighted by atomic mass is 9.73. The van der Waals surface area contributed by atoms with Crippen molar-refractivity contribution in [3.63, 3.8) is 0 Å². The molecule has 0 saturated heterocycles. The summed E-state index contributed by atoms with van der Waals surface area (Å²) < 4.78 is 0. The normalized spacial score (nSPS) is 18.8. The first-order valence-corrected chi connectivity index (χ1v) is 9.39. The highest BCUT2D eigenvalue weighted by Gasteiger charge is 2.32. The van der Waals surface area contributed by atoms with Crippen LogP contribution >= 0.6 is 0 Å². The van der Waals surface area contributed by atoms with E-state index in [0.29, 0.717) is 18.6 Å². The van der Waals surface area contributed by atoms with Gasteiger partial charge in [-0.05, 0) is 30.4 Å². The molecule has 0 aliphatic heterocycles. The standard InChI is InChI=1S/C23H26O2/c1-2-17-12-14-19(15-13-17)23(25)16-21(18-8-4-3-5-9-18)20-10-6-7-11-22(20)24/h3-5,8-9,12-15,20-21H,2,6-7,10-11,16H2,1H3/t20-,21-/m0/s1. The molecule has 2 nitrogen and oxygen atoms in total. The molecule has 0 N–H and O–H groups in total. The average Bonchev–Trinajstić information content (AvgIpc) is 2.67. The van der Waals surface area contributed by atoms with Crippen molar-refractivity contribution in [1.29, 1.82) is 0 Å². The van der Waals surface area contributed by atoms with Crippen LogP contribution in [0.5, 0.6) is 0 Å². The fourth-order valence-corrected chi connectivity index (χ4v) is 3.87. The number of Topliss-reactive ketones (excluding diaryl/α,β-unsaturated/α-hetero) is 2. The second-order valence-corrected chi connectivity index (χ2v) is 7.01. The van der Waals surface area contributed by atoms with Crippen molar-refractivity contribution >= 4 is 11.6 Å². The van der Waals surface area contributed by atoms with E-state index in [-0.39, 0.29) is 17.6 Å². The molecule has 0 amide bonds. The minimum absolute atomic E-state index is 0.00708. The molecule has 0 bridgehead atoms. The molecule has 2 aromatic carbocycles. The molecule has 2 atom stereocenters. The molecule has 1 saturated carbocycles. The lowest BCUT2D eigenvalue weighted by Crippen LogP contribution is -2.27. The second kappa shape index (κ2) is 8.24. The molecule has 130 valence electrons. The van der Waals surface area contributed by atoms with E-state index < -0.39 is 0 Å². The van der Waals surface area contributed by atoms with E-state index in [0.717, 1.165) is 36.8 Å². The minimum atomic E-state index is -0.0185. The Morgan fingerprint density at radius 2 is 1.76 bits per heavy atom.